The van der Waals surface area contributed by atoms with Gasteiger partial charge in [0, 0.05) is 66.2 Å². The van der Waals surface area contributed by atoms with Gasteiger partial charge in [0.15, 0.2) is 0 Å². The molecule has 2 aliphatic rings. The Bertz CT molecular complexity index is 1150. The molecule has 0 aliphatic carbocycles. The lowest BCUT2D eigenvalue weighted by Crippen LogP contribution is -2.67. The maximum Gasteiger partial charge on any atom is 0.219 e. The summed E-state index contributed by atoms with van der Waals surface area (Å²) in [6.45, 7) is 4.42. The monoisotopic (exact) mass is 439 g/mol. The summed E-state index contributed by atoms with van der Waals surface area (Å²) >= 11 is 6.21. The van der Waals surface area contributed by atoms with Crippen molar-refractivity contribution >= 4 is 28.4 Å². The minimum Gasteiger partial charge on any atom is -0.497 e. The molecule has 0 bridgehead atoms. The summed E-state index contributed by atoms with van der Waals surface area (Å²) in [4.78, 5) is 19.8. The third kappa shape index (κ3) is 3.30. The molecule has 0 radical (unpaired) electrons. The highest BCUT2D eigenvalue weighted by Crippen LogP contribution is 2.48. The Morgan fingerprint density at radius 2 is 2.06 bits per heavy atom. The fraction of sp³-hybridized carbons (Fsp3) is 0.375. The van der Waals surface area contributed by atoms with E-state index in [1.807, 2.05) is 35.2 Å². The van der Waals surface area contributed by atoms with Gasteiger partial charge in [-0.1, -0.05) is 23.7 Å². The number of ether oxygens (including phenoxy) is 1. The SMILES string of the molecule is COc1ccc2c3c([nH]c2c1)[C@H](CO)N(Cc1cccc(Cl)c1)CC31CN(C(C)=O)C1. The number of H-pyrrole nitrogens is 1. The van der Waals surface area contributed by atoms with E-state index in [-0.39, 0.29) is 24.0 Å². The molecule has 2 aromatic carbocycles. The van der Waals surface area contributed by atoms with Gasteiger partial charge in [-0.3, -0.25) is 9.69 Å². The molecule has 7 heteroatoms. The van der Waals surface area contributed by atoms with Crippen LogP contribution in [0.1, 0.15) is 29.8 Å². The smallest absolute Gasteiger partial charge is 0.219 e. The third-order valence-corrected chi connectivity index (χ3v) is 6.96. The second-order valence-corrected chi connectivity index (χ2v) is 9.15. The molecule has 0 saturated carbocycles. The first kappa shape index (κ1) is 20.4. The molecule has 1 saturated heterocycles. The van der Waals surface area contributed by atoms with E-state index in [2.05, 4.69) is 22.0 Å². The molecule has 1 aromatic heterocycles. The maximum absolute atomic E-state index is 12.0. The highest BCUT2D eigenvalue weighted by atomic mass is 35.5. The fourth-order valence-electron chi connectivity index (χ4n) is 5.31. The number of aromatic amines is 1. The molecule has 2 N–H and O–H groups in total. The molecule has 1 spiro atoms. The number of benzene rings is 2. The van der Waals surface area contributed by atoms with E-state index in [9.17, 15) is 9.90 Å². The van der Waals surface area contributed by atoms with Gasteiger partial charge in [0.1, 0.15) is 5.75 Å². The summed E-state index contributed by atoms with van der Waals surface area (Å²) in [6, 6.07) is 13.7. The first-order valence-corrected chi connectivity index (χ1v) is 10.9. The summed E-state index contributed by atoms with van der Waals surface area (Å²) in [5, 5.41) is 12.2. The molecule has 1 fully saturated rings. The standard InChI is InChI=1S/C24H26ClN3O3/c1-15(30)28-13-24(14-28)12-27(10-16-4-3-5-17(25)8-16)21(11-29)23-22(24)19-7-6-18(31-2)9-20(19)26-23/h3-9,21,26,29H,10-14H2,1-2H3/t21-/m0/s1. The van der Waals surface area contributed by atoms with Crippen LogP contribution in [0.25, 0.3) is 10.9 Å². The van der Waals surface area contributed by atoms with Crippen molar-refractivity contribution < 1.29 is 14.6 Å². The second kappa shape index (κ2) is 7.55. The fourth-order valence-corrected chi connectivity index (χ4v) is 5.53. The number of hydrogen-bond acceptors (Lipinski definition) is 4. The van der Waals surface area contributed by atoms with Gasteiger partial charge in [0.05, 0.1) is 19.8 Å². The van der Waals surface area contributed by atoms with E-state index in [1.165, 1.54) is 5.56 Å². The third-order valence-electron chi connectivity index (χ3n) is 6.72. The lowest BCUT2D eigenvalue weighted by molar-refractivity contribution is -0.138. The molecule has 0 unspecified atom stereocenters. The molecule has 3 aromatic rings. The van der Waals surface area contributed by atoms with Crippen LogP contribution in [-0.2, 0) is 16.8 Å². The predicted molar refractivity (Wildman–Crippen MR) is 120 cm³/mol. The van der Waals surface area contributed by atoms with E-state index in [4.69, 9.17) is 16.3 Å². The topological polar surface area (TPSA) is 68.8 Å². The second-order valence-electron chi connectivity index (χ2n) is 8.71. The largest absolute Gasteiger partial charge is 0.497 e. The number of rotatable bonds is 4. The van der Waals surface area contributed by atoms with Gasteiger partial charge >= 0.3 is 0 Å². The number of hydrogen-bond donors (Lipinski definition) is 2. The van der Waals surface area contributed by atoms with Crippen molar-refractivity contribution in [2.24, 2.45) is 0 Å². The number of nitrogens with zero attached hydrogens (tertiary/aromatic N) is 2. The van der Waals surface area contributed by atoms with Gasteiger partial charge < -0.3 is 19.7 Å². The van der Waals surface area contributed by atoms with Gasteiger partial charge in [0.2, 0.25) is 5.91 Å². The molecule has 3 heterocycles. The zero-order valence-corrected chi connectivity index (χ0v) is 18.4. The van der Waals surface area contributed by atoms with Crippen LogP contribution in [0.3, 0.4) is 0 Å². The van der Waals surface area contributed by atoms with Crippen LogP contribution in [0.15, 0.2) is 42.5 Å². The van der Waals surface area contributed by atoms with Crippen LogP contribution in [0.2, 0.25) is 5.02 Å². The summed E-state index contributed by atoms with van der Waals surface area (Å²) in [6.07, 6.45) is 0. The predicted octanol–water partition coefficient (Wildman–Crippen LogP) is 3.48. The van der Waals surface area contributed by atoms with Crippen LogP contribution in [0, 0.1) is 0 Å². The van der Waals surface area contributed by atoms with E-state index in [1.54, 1.807) is 14.0 Å². The Morgan fingerprint density at radius 1 is 1.26 bits per heavy atom. The molecular formula is C24H26ClN3O3. The van der Waals surface area contributed by atoms with E-state index in [0.29, 0.717) is 24.7 Å². The van der Waals surface area contributed by atoms with Crippen LogP contribution < -0.4 is 4.74 Å². The van der Waals surface area contributed by atoms with Crippen molar-refractivity contribution in [3.63, 3.8) is 0 Å². The molecule has 162 valence electrons. The first-order chi connectivity index (χ1) is 14.9. The van der Waals surface area contributed by atoms with Crippen molar-refractivity contribution in [3.05, 3.63) is 64.3 Å². The molecule has 6 nitrogen and oxygen atoms in total. The summed E-state index contributed by atoms with van der Waals surface area (Å²) in [5.41, 5.74) is 4.18. The lowest BCUT2D eigenvalue weighted by atomic mass is 9.68. The normalized spacial score (nSPS) is 20.0. The summed E-state index contributed by atoms with van der Waals surface area (Å²) in [5.74, 6) is 0.884. The van der Waals surface area contributed by atoms with Gasteiger partial charge in [-0.15, -0.1) is 0 Å². The Hall–Kier alpha value is -2.54. The highest BCUT2D eigenvalue weighted by Gasteiger charge is 2.53. The van der Waals surface area contributed by atoms with Gasteiger partial charge in [0.25, 0.3) is 0 Å². The van der Waals surface area contributed by atoms with Crippen molar-refractivity contribution in [2.75, 3.05) is 33.4 Å². The van der Waals surface area contributed by atoms with Crippen LogP contribution in [0.4, 0.5) is 0 Å². The molecule has 1 atom stereocenters. The number of halogens is 1. The number of carbonyl (C=O) groups excluding carboxylic acids is 1. The van der Waals surface area contributed by atoms with Crippen molar-refractivity contribution in [2.45, 2.75) is 24.9 Å². The Kier molecular flexibility index (Phi) is 4.96. The van der Waals surface area contributed by atoms with Crippen LogP contribution in [-0.4, -0.2) is 59.1 Å². The zero-order chi connectivity index (χ0) is 21.8. The van der Waals surface area contributed by atoms with E-state index < -0.39 is 0 Å². The van der Waals surface area contributed by atoms with Crippen molar-refractivity contribution in [1.29, 1.82) is 0 Å². The van der Waals surface area contributed by atoms with Crippen LogP contribution in [0.5, 0.6) is 5.75 Å². The first-order valence-electron chi connectivity index (χ1n) is 10.5. The number of likely N-dealkylation sites (tertiary alicyclic amines) is 1. The summed E-state index contributed by atoms with van der Waals surface area (Å²) < 4.78 is 5.41. The van der Waals surface area contributed by atoms with Crippen LogP contribution >= 0.6 is 11.6 Å². The van der Waals surface area contributed by atoms with Crippen molar-refractivity contribution in [3.8, 4) is 5.75 Å². The lowest BCUT2D eigenvalue weighted by Gasteiger charge is -2.56. The molecular weight excluding hydrogens is 414 g/mol. The molecule has 31 heavy (non-hydrogen) atoms. The minimum absolute atomic E-state index is 0.00399. The molecule has 5 rings (SSSR count). The Balaban J connectivity index is 1.61. The van der Waals surface area contributed by atoms with Gasteiger partial charge in [-0.2, -0.15) is 0 Å². The average molecular weight is 440 g/mol. The number of methoxy groups -OCH3 is 1. The van der Waals surface area contributed by atoms with Gasteiger partial charge in [-0.25, -0.2) is 0 Å². The number of aromatic nitrogens is 1. The molecule has 2 aliphatic heterocycles. The highest BCUT2D eigenvalue weighted by molar-refractivity contribution is 6.30. The summed E-state index contributed by atoms with van der Waals surface area (Å²) in [7, 11) is 1.66. The van der Waals surface area contributed by atoms with Gasteiger partial charge in [-0.05, 0) is 35.4 Å². The quantitative estimate of drug-likeness (QED) is 0.653. The number of fused-ring (bicyclic) bond motifs is 4. The Labute approximate surface area is 186 Å². The Morgan fingerprint density at radius 3 is 2.74 bits per heavy atom. The maximum atomic E-state index is 12.0. The number of carbonyl (C=O) groups is 1. The molecule has 1 amide bonds. The number of nitrogens with one attached hydrogen (secondary N) is 1. The number of amides is 1. The number of aliphatic hydroxyl groups excluding tert-OH is 1. The van der Waals surface area contributed by atoms with Crippen molar-refractivity contribution in [1.82, 2.24) is 14.8 Å². The number of aliphatic hydroxyl groups is 1. The zero-order valence-electron chi connectivity index (χ0n) is 17.7. The van der Waals surface area contributed by atoms with E-state index in [0.717, 1.165) is 34.5 Å². The van der Waals surface area contributed by atoms with E-state index >= 15 is 0 Å². The minimum atomic E-state index is -0.169. The average Bonchev–Trinajstić information content (AvgIpc) is 3.10.